The van der Waals surface area contributed by atoms with E-state index in [9.17, 15) is 9.90 Å². The van der Waals surface area contributed by atoms with Gasteiger partial charge in [-0.25, -0.2) is 9.48 Å². The van der Waals surface area contributed by atoms with Crippen molar-refractivity contribution in [2.45, 2.75) is 38.3 Å². The fraction of sp³-hybridized carbons (Fsp3) is 0.733. The monoisotopic (exact) mass is 310 g/mol. The third kappa shape index (κ3) is 3.59. The number of carboxylic acid groups (broad SMARTS) is 1. The van der Waals surface area contributed by atoms with Crippen LogP contribution in [-0.2, 0) is 9.47 Å². The van der Waals surface area contributed by atoms with Gasteiger partial charge in [-0.15, -0.1) is 5.10 Å². The Morgan fingerprint density at radius 3 is 2.82 bits per heavy atom. The van der Waals surface area contributed by atoms with E-state index in [2.05, 4.69) is 5.10 Å². The molecule has 2 aliphatic heterocycles. The molecule has 1 N–H and O–H groups in total. The SMILES string of the molecule is O=C(O)c1cn(C2CCCCO2)nc1OCC1CCOCC1. The highest BCUT2D eigenvalue weighted by atomic mass is 16.5. The van der Waals surface area contributed by atoms with Gasteiger partial charge in [0.15, 0.2) is 0 Å². The van der Waals surface area contributed by atoms with Gasteiger partial charge in [-0.1, -0.05) is 0 Å². The maximum absolute atomic E-state index is 11.4. The summed E-state index contributed by atoms with van der Waals surface area (Å²) in [6, 6.07) is 0. The Balaban J connectivity index is 1.68. The fourth-order valence-electron chi connectivity index (χ4n) is 2.82. The van der Waals surface area contributed by atoms with Gasteiger partial charge >= 0.3 is 5.97 Å². The van der Waals surface area contributed by atoms with Gasteiger partial charge in [0, 0.05) is 26.0 Å². The average molecular weight is 310 g/mol. The highest BCUT2D eigenvalue weighted by Gasteiger charge is 2.24. The van der Waals surface area contributed by atoms with E-state index < -0.39 is 5.97 Å². The normalized spacial score (nSPS) is 23.4. The summed E-state index contributed by atoms with van der Waals surface area (Å²) >= 11 is 0. The van der Waals surface area contributed by atoms with Crippen molar-refractivity contribution in [3.63, 3.8) is 0 Å². The highest BCUT2D eigenvalue weighted by molar-refractivity contribution is 5.89. The van der Waals surface area contributed by atoms with Crippen molar-refractivity contribution in [2.75, 3.05) is 26.4 Å². The molecule has 2 saturated heterocycles. The molecule has 2 aliphatic rings. The minimum absolute atomic E-state index is 0.0984. The van der Waals surface area contributed by atoms with E-state index in [4.69, 9.17) is 14.2 Å². The third-order valence-electron chi connectivity index (χ3n) is 4.18. The van der Waals surface area contributed by atoms with Crippen LogP contribution in [0.15, 0.2) is 6.20 Å². The number of ether oxygens (including phenoxy) is 3. The lowest BCUT2D eigenvalue weighted by molar-refractivity contribution is -0.0402. The summed E-state index contributed by atoms with van der Waals surface area (Å²) in [6.45, 7) is 2.64. The molecule has 3 heterocycles. The lowest BCUT2D eigenvalue weighted by Crippen LogP contribution is -2.22. The Labute approximate surface area is 129 Å². The second kappa shape index (κ2) is 7.11. The Bertz CT molecular complexity index is 504. The predicted molar refractivity (Wildman–Crippen MR) is 77.1 cm³/mol. The summed E-state index contributed by atoms with van der Waals surface area (Å²) in [7, 11) is 0. The molecule has 0 aromatic carbocycles. The first-order valence-corrected chi connectivity index (χ1v) is 7.88. The van der Waals surface area contributed by atoms with E-state index in [1.165, 1.54) is 6.20 Å². The van der Waals surface area contributed by atoms with Crippen LogP contribution in [0.5, 0.6) is 5.88 Å². The molecule has 0 spiro atoms. The molecule has 7 nitrogen and oxygen atoms in total. The van der Waals surface area contributed by atoms with Gasteiger partial charge in [-0.2, -0.15) is 0 Å². The second-order valence-electron chi connectivity index (χ2n) is 5.82. The number of rotatable bonds is 5. The lowest BCUT2D eigenvalue weighted by atomic mass is 10.0. The molecule has 122 valence electrons. The number of aromatic nitrogens is 2. The van der Waals surface area contributed by atoms with Crippen molar-refractivity contribution in [3.05, 3.63) is 11.8 Å². The van der Waals surface area contributed by atoms with Crippen molar-refractivity contribution >= 4 is 5.97 Å². The third-order valence-corrected chi connectivity index (χ3v) is 4.18. The van der Waals surface area contributed by atoms with Crippen molar-refractivity contribution in [3.8, 4) is 5.88 Å². The first-order valence-electron chi connectivity index (χ1n) is 7.88. The molecule has 1 aromatic heterocycles. The zero-order valence-corrected chi connectivity index (χ0v) is 12.6. The molecule has 1 aromatic rings. The number of carboxylic acids is 1. The smallest absolute Gasteiger partial charge is 0.342 e. The highest BCUT2D eigenvalue weighted by Crippen LogP contribution is 2.26. The second-order valence-corrected chi connectivity index (χ2v) is 5.82. The molecule has 1 atom stereocenters. The number of hydrogen-bond acceptors (Lipinski definition) is 5. The van der Waals surface area contributed by atoms with E-state index >= 15 is 0 Å². The molecule has 22 heavy (non-hydrogen) atoms. The number of nitrogens with zero attached hydrogens (tertiary/aromatic N) is 2. The predicted octanol–water partition coefficient (Wildman–Crippen LogP) is 2.09. The van der Waals surface area contributed by atoms with Gasteiger partial charge in [0.1, 0.15) is 11.8 Å². The Hall–Kier alpha value is -1.60. The Morgan fingerprint density at radius 1 is 1.32 bits per heavy atom. The maximum atomic E-state index is 11.4. The zero-order valence-electron chi connectivity index (χ0n) is 12.6. The van der Waals surface area contributed by atoms with Gasteiger partial charge in [-0.05, 0) is 38.0 Å². The summed E-state index contributed by atoms with van der Waals surface area (Å²) in [5, 5.41) is 13.6. The van der Waals surface area contributed by atoms with Crippen molar-refractivity contribution in [2.24, 2.45) is 5.92 Å². The van der Waals surface area contributed by atoms with Crippen LogP contribution in [-0.4, -0.2) is 47.3 Å². The summed E-state index contributed by atoms with van der Waals surface area (Å²) in [6.07, 6.45) is 6.15. The first kappa shape index (κ1) is 15.3. The quantitative estimate of drug-likeness (QED) is 0.896. The number of carbonyl (C=O) groups is 1. The molecule has 0 bridgehead atoms. The minimum Gasteiger partial charge on any atom is -0.477 e. The molecule has 7 heteroatoms. The summed E-state index contributed by atoms with van der Waals surface area (Å²) in [4.78, 5) is 11.4. The van der Waals surface area contributed by atoms with E-state index in [0.29, 0.717) is 19.1 Å². The summed E-state index contributed by atoms with van der Waals surface area (Å²) in [5.41, 5.74) is 0.0984. The van der Waals surface area contributed by atoms with Crippen LogP contribution in [0.2, 0.25) is 0 Å². The van der Waals surface area contributed by atoms with Gasteiger partial charge < -0.3 is 19.3 Å². The fourth-order valence-corrected chi connectivity index (χ4v) is 2.82. The van der Waals surface area contributed by atoms with Crippen molar-refractivity contribution in [1.82, 2.24) is 9.78 Å². The molecule has 0 radical (unpaired) electrons. The largest absolute Gasteiger partial charge is 0.477 e. The van der Waals surface area contributed by atoms with Crippen LogP contribution in [0.1, 0.15) is 48.7 Å². The standard InChI is InChI=1S/C15H22N2O5/c18-15(19)12-9-17(13-3-1-2-6-21-13)16-14(12)22-10-11-4-7-20-8-5-11/h9,11,13H,1-8,10H2,(H,18,19). The van der Waals surface area contributed by atoms with Crippen molar-refractivity contribution < 1.29 is 24.1 Å². The van der Waals surface area contributed by atoms with E-state index in [1.807, 2.05) is 0 Å². The van der Waals surface area contributed by atoms with Gasteiger partial charge in [0.2, 0.25) is 5.88 Å². The van der Waals surface area contributed by atoms with Crippen LogP contribution < -0.4 is 4.74 Å². The molecule has 0 aliphatic carbocycles. The molecule has 1 unspecified atom stereocenters. The molecule has 3 rings (SSSR count). The van der Waals surface area contributed by atoms with Crippen LogP contribution in [0.3, 0.4) is 0 Å². The Kier molecular flexibility index (Phi) is 4.94. The topological polar surface area (TPSA) is 82.8 Å². The lowest BCUT2D eigenvalue weighted by Gasteiger charge is -2.22. The van der Waals surface area contributed by atoms with E-state index in [-0.39, 0.29) is 17.7 Å². The van der Waals surface area contributed by atoms with Crippen LogP contribution >= 0.6 is 0 Å². The van der Waals surface area contributed by atoms with Crippen LogP contribution in [0, 0.1) is 5.92 Å². The first-order chi connectivity index (χ1) is 10.7. The number of aromatic carboxylic acids is 1. The Morgan fingerprint density at radius 2 is 2.14 bits per heavy atom. The van der Waals surface area contributed by atoms with Crippen LogP contribution in [0.4, 0.5) is 0 Å². The molecule has 0 amide bonds. The van der Waals surface area contributed by atoms with E-state index in [0.717, 1.165) is 45.3 Å². The van der Waals surface area contributed by atoms with Gasteiger partial charge in [-0.3, -0.25) is 0 Å². The molecular formula is C15H22N2O5. The average Bonchev–Trinajstić information content (AvgIpc) is 2.99. The molecular weight excluding hydrogens is 288 g/mol. The van der Waals surface area contributed by atoms with Crippen LogP contribution in [0.25, 0.3) is 0 Å². The maximum Gasteiger partial charge on any atom is 0.342 e. The number of hydrogen-bond donors (Lipinski definition) is 1. The van der Waals surface area contributed by atoms with Crippen molar-refractivity contribution in [1.29, 1.82) is 0 Å². The minimum atomic E-state index is -1.02. The molecule has 2 fully saturated rings. The van der Waals surface area contributed by atoms with Gasteiger partial charge in [0.25, 0.3) is 0 Å². The summed E-state index contributed by atoms with van der Waals surface area (Å²) < 4.78 is 18.2. The molecule has 0 saturated carbocycles. The summed E-state index contributed by atoms with van der Waals surface area (Å²) in [5.74, 6) is -0.441. The zero-order chi connectivity index (χ0) is 15.4. The van der Waals surface area contributed by atoms with Gasteiger partial charge in [0.05, 0.1) is 6.61 Å². The van der Waals surface area contributed by atoms with E-state index in [1.54, 1.807) is 4.68 Å².